The Kier molecular flexibility index (Phi) is 15.1. The SMILES string of the molecule is CCC1OC(=O)[C@H](C)[C@@H](OC(=O)C(Cc2ccccc2)Oc2cccnc2)[C@H](C)[C@@H](O[C@@H]2O[C@H](C)C[C@H](N(C)C)[C@H]2O)[C@@](C)(O)C[C@@H](C)[C@H](N)[C@H](C)[C@H]2OC(=O)O[C@]12C. The van der Waals surface area contributed by atoms with Crippen molar-refractivity contribution in [3.63, 3.8) is 0 Å². The summed E-state index contributed by atoms with van der Waals surface area (Å²) in [5.41, 5.74) is 4.58. The maximum Gasteiger partial charge on any atom is 0.509 e. The van der Waals surface area contributed by atoms with Crippen molar-refractivity contribution in [3.8, 4) is 5.75 Å². The first-order valence-electron chi connectivity index (χ1n) is 20.8. The fourth-order valence-electron chi connectivity index (χ4n) is 9.24. The zero-order valence-corrected chi connectivity index (χ0v) is 36.1. The van der Waals surface area contributed by atoms with E-state index in [2.05, 4.69) is 4.98 Å². The molecule has 0 aliphatic carbocycles. The van der Waals surface area contributed by atoms with Gasteiger partial charge in [0, 0.05) is 36.5 Å². The number of aliphatic hydroxyl groups excluding tert-OH is 1. The van der Waals surface area contributed by atoms with Gasteiger partial charge in [-0.1, -0.05) is 58.0 Å². The van der Waals surface area contributed by atoms with Crippen molar-refractivity contribution in [2.75, 3.05) is 14.1 Å². The van der Waals surface area contributed by atoms with E-state index in [9.17, 15) is 24.6 Å². The summed E-state index contributed by atoms with van der Waals surface area (Å²) in [7, 11) is 3.72. The fraction of sp³-hybridized carbons (Fsp3) is 0.682. The molecule has 1 aromatic carbocycles. The van der Waals surface area contributed by atoms with Gasteiger partial charge in [-0.3, -0.25) is 9.78 Å². The van der Waals surface area contributed by atoms with Crippen LogP contribution in [0.2, 0.25) is 0 Å². The Hall–Kier alpha value is -3.86. The number of esters is 2. The first kappa shape index (κ1) is 46.2. The van der Waals surface area contributed by atoms with Gasteiger partial charge in [0.25, 0.3) is 0 Å². The Morgan fingerprint density at radius 1 is 1.03 bits per heavy atom. The summed E-state index contributed by atoms with van der Waals surface area (Å²) in [6.07, 6.45) is -5.12. The highest BCUT2D eigenvalue weighted by Gasteiger charge is 2.59. The van der Waals surface area contributed by atoms with E-state index in [4.69, 9.17) is 38.9 Å². The van der Waals surface area contributed by atoms with Gasteiger partial charge >= 0.3 is 18.1 Å². The van der Waals surface area contributed by atoms with Gasteiger partial charge in [0.1, 0.15) is 24.1 Å². The smallest absolute Gasteiger partial charge is 0.477 e. The van der Waals surface area contributed by atoms with E-state index in [1.807, 2.05) is 70.1 Å². The maximum atomic E-state index is 14.6. The van der Waals surface area contributed by atoms with Crippen LogP contribution in [0.25, 0.3) is 0 Å². The number of benzene rings is 1. The highest BCUT2D eigenvalue weighted by atomic mass is 16.8. The summed E-state index contributed by atoms with van der Waals surface area (Å²) < 4.78 is 43.3. The van der Waals surface area contributed by atoms with Crippen LogP contribution in [0.15, 0.2) is 54.9 Å². The van der Waals surface area contributed by atoms with Crippen LogP contribution in [0.3, 0.4) is 0 Å². The lowest BCUT2D eigenvalue weighted by Crippen LogP contribution is -2.61. The zero-order valence-electron chi connectivity index (χ0n) is 36.1. The van der Waals surface area contributed by atoms with Crippen molar-refractivity contribution in [1.29, 1.82) is 0 Å². The van der Waals surface area contributed by atoms with Gasteiger partial charge in [-0.25, -0.2) is 9.59 Å². The molecular weight excluding hydrogens is 762 g/mol. The van der Waals surface area contributed by atoms with Crippen molar-refractivity contribution in [2.45, 2.75) is 153 Å². The zero-order chi connectivity index (χ0) is 43.4. The third kappa shape index (κ3) is 10.5. The molecule has 2 aromatic rings. The second-order valence-electron chi connectivity index (χ2n) is 17.5. The molecule has 328 valence electrons. The van der Waals surface area contributed by atoms with Crippen molar-refractivity contribution in [3.05, 3.63) is 60.4 Å². The first-order valence-corrected chi connectivity index (χ1v) is 20.8. The summed E-state index contributed by atoms with van der Waals surface area (Å²) in [5, 5.41) is 24.3. The van der Waals surface area contributed by atoms with Crippen molar-refractivity contribution in [1.82, 2.24) is 9.88 Å². The third-order valence-corrected chi connectivity index (χ3v) is 12.6. The van der Waals surface area contributed by atoms with E-state index in [0.29, 0.717) is 12.2 Å². The Balaban J connectivity index is 1.61. The Morgan fingerprint density at radius 3 is 2.36 bits per heavy atom. The number of ether oxygens (including phenoxy) is 7. The molecule has 3 aliphatic rings. The lowest BCUT2D eigenvalue weighted by Gasteiger charge is -2.48. The predicted octanol–water partition coefficient (Wildman–Crippen LogP) is 4.44. The van der Waals surface area contributed by atoms with Crippen molar-refractivity contribution < 1.29 is 57.8 Å². The highest BCUT2D eigenvalue weighted by Crippen LogP contribution is 2.42. The lowest BCUT2D eigenvalue weighted by atomic mass is 9.72. The summed E-state index contributed by atoms with van der Waals surface area (Å²) >= 11 is 0. The molecule has 2 unspecified atom stereocenters. The van der Waals surface area contributed by atoms with E-state index in [1.54, 1.807) is 52.9 Å². The summed E-state index contributed by atoms with van der Waals surface area (Å²) in [4.78, 5) is 47.9. The largest absolute Gasteiger partial charge is 0.509 e. The molecule has 4 N–H and O–H groups in total. The minimum absolute atomic E-state index is 0.0542. The predicted molar refractivity (Wildman–Crippen MR) is 216 cm³/mol. The van der Waals surface area contributed by atoms with Gasteiger partial charge in [0.2, 0.25) is 0 Å². The van der Waals surface area contributed by atoms with Gasteiger partial charge < -0.3 is 54.0 Å². The number of aliphatic hydroxyl groups is 2. The van der Waals surface area contributed by atoms with Gasteiger partial charge in [-0.05, 0) is 84.7 Å². The van der Waals surface area contributed by atoms with E-state index in [1.165, 1.54) is 6.20 Å². The quantitative estimate of drug-likeness (QED) is 0.224. The molecule has 3 aliphatic heterocycles. The maximum absolute atomic E-state index is 14.6. The molecule has 1 aromatic heterocycles. The Morgan fingerprint density at radius 2 is 1.73 bits per heavy atom. The van der Waals surface area contributed by atoms with E-state index >= 15 is 0 Å². The van der Waals surface area contributed by atoms with E-state index in [0.717, 1.165) is 5.56 Å². The van der Waals surface area contributed by atoms with Crippen LogP contribution in [0.1, 0.15) is 80.2 Å². The summed E-state index contributed by atoms with van der Waals surface area (Å²) in [6.45, 7) is 14.0. The molecule has 0 saturated carbocycles. The van der Waals surface area contributed by atoms with E-state index < -0.39 is 102 Å². The molecule has 4 heterocycles. The summed E-state index contributed by atoms with van der Waals surface area (Å²) in [6, 6.07) is 11.7. The van der Waals surface area contributed by atoms with Gasteiger partial charge in [-0.15, -0.1) is 0 Å². The molecule has 3 fully saturated rings. The number of aromatic nitrogens is 1. The van der Waals surface area contributed by atoms with Crippen LogP contribution in [-0.2, 0) is 44.4 Å². The molecule has 15 nitrogen and oxygen atoms in total. The molecule has 59 heavy (non-hydrogen) atoms. The Bertz CT molecular complexity index is 1660. The monoisotopic (exact) mass is 827 g/mol. The average molecular weight is 828 g/mol. The first-order chi connectivity index (χ1) is 27.8. The fourth-order valence-corrected chi connectivity index (χ4v) is 9.24. The lowest BCUT2D eigenvalue weighted by molar-refractivity contribution is -0.299. The number of nitrogens with zero attached hydrogens (tertiary/aromatic N) is 2. The molecule has 5 rings (SSSR count). The van der Waals surface area contributed by atoms with Gasteiger partial charge in [-0.2, -0.15) is 0 Å². The number of carbonyl (C=O) groups is 3. The number of carbonyl (C=O) groups excluding carboxylic acids is 3. The Labute approximate surface area is 348 Å². The van der Waals surface area contributed by atoms with Crippen LogP contribution >= 0.6 is 0 Å². The van der Waals surface area contributed by atoms with Crippen LogP contribution in [-0.4, -0.2) is 125 Å². The molecule has 0 spiro atoms. The second kappa shape index (κ2) is 19.2. The van der Waals surface area contributed by atoms with Crippen LogP contribution in [0.5, 0.6) is 5.75 Å². The number of rotatable bonds is 10. The molecule has 0 bridgehead atoms. The number of nitrogens with two attached hydrogens (primary N) is 1. The molecule has 0 amide bonds. The molecule has 15 heteroatoms. The van der Waals surface area contributed by atoms with E-state index in [-0.39, 0.29) is 31.4 Å². The topological polar surface area (TPSA) is 198 Å². The number of hydrogen-bond donors (Lipinski definition) is 3. The van der Waals surface area contributed by atoms with Gasteiger partial charge in [0.05, 0.1) is 29.9 Å². The molecule has 0 radical (unpaired) electrons. The van der Waals surface area contributed by atoms with Crippen LogP contribution in [0.4, 0.5) is 4.79 Å². The normalized spacial score (nSPS) is 38.8. The third-order valence-electron chi connectivity index (χ3n) is 12.6. The minimum atomic E-state index is -1.74. The van der Waals surface area contributed by atoms with Gasteiger partial charge in [0.15, 0.2) is 24.1 Å². The highest BCUT2D eigenvalue weighted by molar-refractivity contribution is 5.78. The molecular formula is C44H65N3O12. The summed E-state index contributed by atoms with van der Waals surface area (Å²) in [5.74, 6) is -4.26. The van der Waals surface area contributed by atoms with Crippen molar-refractivity contribution in [2.24, 2.45) is 29.4 Å². The number of cyclic esters (lactones) is 1. The molecule has 3 saturated heterocycles. The van der Waals surface area contributed by atoms with Crippen LogP contribution < -0.4 is 10.5 Å². The second-order valence-corrected chi connectivity index (χ2v) is 17.5. The standard InChI is InChI=1S/C44H65N3O12/c1-11-33-44(8)38(58-42(51)59-44)26(4)34(45)24(2)22-43(7,52)37(57-41-35(48)31(47(9)10)20-25(3)53-41)27(5)36(28(6)39(49)55-33)56-40(50)32(21-29-16-13-12-14-17-29)54-30-18-15-19-46-23-30/h12-19,23-28,31-38,41,48,52H,11,20-22,45H2,1-10H3/t24-,25-,26+,27+,28-,31+,32?,33?,34+,35-,36+,37-,38-,41+,43+,44-/m1/s1. The molecule has 16 atom stereocenters. The number of hydrogen-bond acceptors (Lipinski definition) is 15. The van der Waals surface area contributed by atoms with Crippen LogP contribution in [0, 0.1) is 23.7 Å². The number of pyridine rings is 1. The minimum Gasteiger partial charge on any atom is -0.477 e. The number of likely N-dealkylation sites (N-methyl/N-ethyl adjacent to an activating group) is 1. The average Bonchev–Trinajstić information content (AvgIpc) is 3.51. The van der Waals surface area contributed by atoms with Crippen molar-refractivity contribution >= 4 is 18.1 Å². The number of fused-ring (bicyclic) bond motifs is 1.